The number of alkyl carbamates (subject to hydrolysis) is 1. The smallest absolute Gasteiger partial charge is 0.407 e. The number of hydrogen-bond donors (Lipinski definition) is 1. The van der Waals surface area contributed by atoms with E-state index in [0.717, 1.165) is 24.8 Å². The van der Waals surface area contributed by atoms with Gasteiger partial charge in [0.15, 0.2) is 0 Å². The molecule has 1 aromatic rings. The lowest BCUT2D eigenvalue weighted by Crippen LogP contribution is -2.57. The van der Waals surface area contributed by atoms with Gasteiger partial charge in [-0.1, -0.05) is 19.9 Å². The van der Waals surface area contributed by atoms with E-state index in [1.807, 2.05) is 19.9 Å². The number of sulfonamides is 1. The molecule has 30 heavy (non-hydrogen) atoms. The van der Waals surface area contributed by atoms with Crippen molar-refractivity contribution in [2.75, 3.05) is 32.8 Å². The largest absolute Gasteiger partial charge is 0.450 e. The van der Waals surface area contributed by atoms with E-state index in [4.69, 9.17) is 4.74 Å². The summed E-state index contributed by atoms with van der Waals surface area (Å²) in [4.78, 5) is 26.6. The molecule has 2 aliphatic rings. The van der Waals surface area contributed by atoms with Crippen LogP contribution in [0.25, 0.3) is 0 Å². The standard InChI is InChI=1S/C21H31N3O5S/c1-4-29-21(26)22-19(15(2)3)20(25)23-10-12-24(13-11-23)30(27,28)18-9-8-16-6-5-7-17(16)14-18/h8-9,14-15,19H,4-7,10-13H2,1-3H3,(H,22,26). The zero-order valence-corrected chi connectivity index (χ0v) is 18.7. The summed E-state index contributed by atoms with van der Waals surface area (Å²) in [6.45, 7) is 6.67. The number of aryl methyl sites for hydroxylation is 2. The van der Waals surface area contributed by atoms with E-state index in [2.05, 4.69) is 5.32 Å². The molecule has 1 heterocycles. The predicted octanol–water partition coefficient (Wildman–Crippen LogP) is 1.78. The Bertz CT molecular complexity index is 892. The van der Waals surface area contributed by atoms with E-state index in [1.165, 1.54) is 9.87 Å². The molecule has 2 amide bonds. The number of carbonyl (C=O) groups is 2. The molecular weight excluding hydrogens is 406 g/mol. The number of fused-ring (bicyclic) bond motifs is 1. The summed E-state index contributed by atoms with van der Waals surface area (Å²) in [5.41, 5.74) is 2.35. The second-order valence-electron chi connectivity index (χ2n) is 8.10. The van der Waals surface area contributed by atoms with Crippen LogP contribution < -0.4 is 5.32 Å². The zero-order valence-electron chi connectivity index (χ0n) is 17.9. The molecule has 0 radical (unpaired) electrons. The summed E-state index contributed by atoms with van der Waals surface area (Å²) in [7, 11) is -3.59. The van der Waals surface area contributed by atoms with Crippen molar-refractivity contribution in [1.29, 1.82) is 0 Å². The highest BCUT2D eigenvalue weighted by atomic mass is 32.2. The van der Waals surface area contributed by atoms with E-state index in [0.29, 0.717) is 4.90 Å². The highest BCUT2D eigenvalue weighted by Gasteiger charge is 2.34. The average molecular weight is 438 g/mol. The van der Waals surface area contributed by atoms with Crippen LogP contribution in [-0.2, 0) is 32.4 Å². The molecule has 1 aliphatic heterocycles. The van der Waals surface area contributed by atoms with Crippen LogP contribution in [0.5, 0.6) is 0 Å². The van der Waals surface area contributed by atoms with E-state index in [1.54, 1.807) is 24.0 Å². The first-order valence-electron chi connectivity index (χ1n) is 10.6. The summed E-state index contributed by atoms with van der Waals surface area (Å²) in [6.07, 6.45) is 2.37. The molecule has 1 fully saturated rings. The molecule has 1 saturated heterocycles. The van der Waals surface area contributed by atoms with Crippen molar-refractivity contribution >= 4 is 22.0 Å². The third kappa shape index (κ3) is 4.78. The molecule has 166 valence electrons. The number of hydrogen-bond acceptors (Lipinski definition) is 5. The molecule has 0 aromatic heterocycles. The molecule has 0 spiro atoms. The molecule has 0 saturated carbocycles. The first-order chi connectivity index (χ1) is 14.2. The second kappa shape index (κ2) is 9.34. The molecule has 1 aromatic carbocycles. The Morgan fingerprint density at radius 3 is 2.40 bits per heavy atom. The topological polar surface area (TPSA) is 96.0 Å². The van der Waals surface area contributed by atoms with Crippen molar-refractivity contribution in [3.63, 3.8) is 0 Å². The van der Waals surface area contributed by atoms with Gasteiger partial charge in [-0.3, -0.25) is 4.79 Å². The van der Waals surface area contributed by atoms with Gasteiger partial charge < -0.3 is 15.0 Å². The van der Waals surface area contributed by atoms with Gasteiger partial charge in [-0.05, 0) is 55.4 Å². The first kappa shape index (κ1) is 22.6. The molecule has 0 bridgehead atoms. The Morgan fingerprint density at radius 2 is 1.77 bits per heavy atom. The van der Waals surface area contributed by atoms with E-state index >= 15 is 0 Å². The molecule has 1 atom stereocenters. The van der Waals surface area contributed by atoms with E-state index < -0.39 is 22.2 Å². The van der Waals surface area contributed by atoms with Crippen LogP contribution in [0.3, 0.4) is 0 Å². The second-order valence-corrected chi connectivity index (χ2v) is 10.0. The van der Waals surface area contributed by atoms with Gasteiger partial charge in [0.2, 0.25) is 15.9 Å². The fraction of sp³-hybridized carbons (Fsp3) is 0.619. The van der Waals surface area contributed by atoms with Crippen LogP contribution in [0.4, 0.5) is 4.79 Å². The number of ether oxygens (including phenoxy) is 1. The van der Waals surface area contributed by atoms with Crippen molar-refractivity contribution in [3.05, 3.63) is 29.3 Å². The Kier molecular flexibility index (Phi) is 7.02. The maximum Gasteiger partial charge on any atom is 0.407 e. The van der Waals surface area contributed by atoms with Gasteiger partial charge in [-0.15, -0.1) is 0 Å². The van der Waals surface area contributed by atoms with Crippen molar-refractivity contribution in [1.82, 2.24) is 14.5 Å². The van der Waals surface area contributed by atoms with Crippen LogP contribution in [0.2, 0.25) is 0 Å². The zero-order chi connectivity index (χ0) is 21.9. The van der Waals surface area contributed by atoms with Crippen molar-refractivity contribution in [2.24, 2.45) is 5.92 Å². The quantitative estimate of drug-likeness (QED) is 0.732. The van der Waals surface area contributed by atoms with Gasteiger partial charge in [-0.25, -0.2) is 13.2 Å². The average Bonchev–Trinajstić information content (AvgIpc) is 3.19. The Labute approximate surface area is 178 Å². The van der Waals surface area contributed by atoms with Crippen molar-refractivity contribution in [2.45, 2.75) is 51.0 Å². The summed E-state index contributed by atoms with van der Waals surface area (Å²) >= 11 is 0. The van der Waals surface area contributed by atoms with Gasteiger partial charge in [0, 0.05) is 26.2 Å². The summed E-state index contributed by atoms with van der Waals surface area (Å²) in [6, 6.07) is 4.70. The lowest BCUT2D eigenvalue weighted by molar-refractivity contribution is -0.135. The number of rotatable bonds is 6. The van der Waals surface area contributed by atoms with Crippen LogP contribution in [0.15, 0.2) is 23.1 Å². The third-order valence-corrected chi connectivity index (χ3v) is 7.63. The fourth-order valence-electron chi connectivity index (χ4n) is 4.02. The van der Waals surface area contributed by atoms with Gasteiger partial charge in [0.05, 0.1) is 11.5 Å². The Hall–Kier alpha value is -2.13. The Balaban J connectivity index is 1.64. The van der Waals surface area contributed by atoms with Gasteiger partial charge >= 0.3 is 6.09 Å². The molecule has 8 nitrogen and oxygen atoms in total. The number of carbonyl (C=O) groups excluding carboxylic acids is 2. The molecule has 1 N–H and O–H groups in total. The lowest BCUT2D eigenvalue weighted by atomic mass is 10.0. The summed E-state index contributed by atoms with van der Waals surface area (Å²) in [5.74, 6) is -0.331. The normalized spacial score (nSPS) is 18.2. The molecule has 1 aliphatic carbocycles. The summed E-state index contributed by atoms with van der Waals surface area (Å²) in [5, 5.41) is 2.62. The molecular formula is C21H31N3O5S. The highest BCUT2D eigenvalue weighted by molar-refractivity contribution is 7.89. The van der Waals surface area contributed by atoms with Crippen LogP contribution in [-0.4, -0.2) is 68.5 Å². The predicted molar refractivity (Wildman–Crippen MR) is 113 cm³/mol. The minimum absolute atomic E-state index is 0.116. The van der Waals surface area contributed by atoms with Crippen LogP contribution in [0, 0.1) is 5.92 Å². The molecule has 1 unspecified atom stereocenters. The highest BCUT2D eigenvalue weighted by Crippen LogP contribution is 2.27. The van der Waals surface area contributed by atoms with Gasteiger partial charge in [-0.2, -0.15) is 4.31 Å². The lowest BCUT2D eigenvalue weighted by Gasteiger charge is -2.36. The maximum atomic E-state index is 13.1. The number of nitrogens with one attached hydrogen (secondary N) is 1. The fourth-order valence-corrected chi connectivity index (χ4v) is 5.49. The first-order valence-corrected chi connectivity index (χ1v) is 12.0. The van der Waals surface area contributed by atoms with Gasteiger partial charge in [0.1, 0.15) is 6.04 Å². The number of amides is 2. The number of nitrogens with zero attached hydrogens (tertiary/aromatic N) is 2. The van der Waals surface area contributed by atoms with Crippen molar-refractivity contribution < 1.29 is 22.7 Å². The third-order valence-electron chi connectivity index (χ3n) is 5.74. The van der Waals surface area contributed by atoms with Crippen LogP contribution in [0.1, 0.15) is 38.3 Å². The van der Waals surface area contributed by atoms with Crippen molar-refractivity contribution in [3.8, 4) is 0 Å². The number of piperazine rings is 1. The van der Waals surface area contributed by atoms with E-state index in [9.17, 15) is 18.0 Å². The maximum absolute atomic E-state index is 13.1. The molecule has 9 heteroatoms. The SMILES string of the molecule is CCOC(=O)NC(C(=O)N1CCN(S(=O)(=O)c2ccc3c(c2)CCC3)CC1)C(C)C. The monoisotopic (exact) mass is 437 g/mol. The van der Waals surface area contributed by atoms with E-state index in [-0.39, 0.29) is 44.6 Å². The molecule has 3 rings (SSSR count). The van der Waals surface area contributed by atoms with Crippen LogP contribution >= 0.6 is 0 Å². The number of benzene rings is 1. The van der Waals surface area contributed by atoms with Gasteiger partial charge in [0.25, 0.3) is 0 Å². The minimum atomic E-state index is -3.59. The summed E-state index contributed by atoms with van der Waals surface area (Å²) < 4.78 is 32.5. The minimum Gasteiger partial charge on any atom is -0.450 e. The Morgan fingerprint density at radius 1 is 1.10 bits per heavy atom.